The van der Waals surface area contributed by atoms with Crippen LogP contribution in [0.15, 0.2) is 55.4 Å². The Bertz CT molecular complexity index is 1520. The van der Waals surface area contributed by atoms with E-state index in [1.165, 1.54) is 31.5 Å². The molecule has 0 spiro atoms. The maximum atomic E-state index is 13.7. The molecule has 0 aliphatic heterocycles. The molecular formula is C28H24F6N4. The molecule has 2 aromatic heterocycles. The number of nitrogen functional groups attached to an aromatic ring is 2. The van der Waals surface area contributed by atoms with Crippen molar-refractivity contribution in [3.05, 3.63) is 102 Å². The molecule has 4 aromatic rings. The summed E-state index contributed by atoms with van der Waals surface area (Å²) in [6.07, 6.45) is 2.48. The molecule has 0 aliphatic rings. The van der Waals surface area contributed by atoms with Crippen molar-refractivity contribution in [1.82, 2.24) is 9.97 Å². The fourth-order valence-electron chi connectivity index (χ4n) is 3.90. The molecule has 38 heavy (non-hydrogen) atoms. The van der Waals surface area contributed by atoms with E-state index in [0.717, 1.165) is 24.3 Å². The molecule has 0 saturated carbocycles. The molecule has 198 valence electrons. The minimum atomic E-state index is -1.06. The van der Waals surface area contributed by atoms with Gasteiger partial charge < -0.3 is 11.5 Å². The molecule has 4 nitrogen and oxygen atoms in total. The number of halogens is 6. The second-order valence-corrected chi connectivity index (χ2v) is 8.73. The summed E-state index contributed by atoms with van der Waals surface area (Å²) in [5, 5.41) is 0. The van der Waals surface area contributed by atoms with E-state index in [-0.39, 0.29) is 39.5 Å². The first-order valence-corrected chi connectivity index (χ1v) is 11.3. The average Bonchev–Trinajstić information content (AvgIpc) is 2.84. The summed E-state index contributed by atoms with van der Waals surface area (Å²) in [7, 11) is 0. The number of rotatable bonds is 4. The highest BCUT2D eigenvalue weighted by Crippen LogP contribution is 2.36. The summed E-state index contributed by atoms with van der Waals surface area (Å²) in [5.41, 5.74) is 13.3. The van der Waals surface area contributed by atoms with Gasteiger partial charge >= 0.3 is 0 Å². The van der Waals surface area contributed by atoms with Crippen LogP contribution in [0.5, 0.6) is 0 Å². The number of hydrogen-bond acceptors (Lipinski definition) is 4. The molecule has 4 rings (SSSR count). The SMILES string of the molecule is C=C(C)c1c(N)c(-c2ccnc(F)c2)cc(F)c1F.CC(C)c1c(N)c(-c2ccnc(F)c2)cc(F)c1F. The molecule has 10 heteroatoms. The summed E-state index contributed by atoms with van der Waals surface area (Å²) in [6, 6.07) is 7.11. The van der Waals surface area contributed by atoms with Crippen LogP contribution in [0.2, 0.25) is 0 Å². The highest BCUT2D eigenvalue weighted by atomic mass is 19.2. The summed E-state index contributed by atoms with van der Waals surface area (Å²) >= 11 is 0. The quantitative estimate of drug-likeness (QED) is 0.161. The van der Waals surface area contributed by atoms with Gasteiger partial charge in [0.2, 0.25) is 11.9 Å². The Hall–Kier alpha value is -4.34. The van der Waals surface area contributed by atoms with Crippen LogP contribution >= 0.6 is 0 Å². The third-order valence-electron chi connectivity index (χ3n) is 5.64. The van der Waals surface area contributed by atoms with Crippen molar-refractivity contribution in [1.29, 1.82) is 0 Å². The second-order valence-electron chi connectivity index (χ2n) is 8.73. The third-order valence-corrected chi connectivity index (χ3v) is 5.64. The van der Waals surface area contributed by atoms with E-state index in [1.807, 2.05) is 0 Å². The predicted molar refractivity (Wildman–Crippen MR) is 137 cm³/mol. The van der Waals surface area contributed by atoms with E-state index in [0.29, 0.717) is 16.7 Å². The van der Waals surface area contributed by atoms with Gasteiger partial charge in [-0.25, -0.2) is 27.5 Å². The number of pyridine rings is 2. The summed E-state index contributed by atoms with van der Waals surface area (Å²) in [6.45, 7) is 8.51. The van der Waals surface area contributed by atoms with Gasteiger partial charge in [0.05, 0.1) is 5.69 Å². The van der Waals surface area contributed by atoms with Crippen LogP contribution in [0.1, 0.15) is 37.8 Å². The minimum Gasteiger partial charge on any atom is -0.398 e. The first-order chi connectivity index (χ1) is 17.8. The molecule has 0 amide bonds. The predicted octanol–water partition coefficient (Wildman–Crippen LogP) is 7.65. The highest BCUT2D eigenvalue weighted by Gasteiger charge is 2.20. The molecule has 0 radical (unpaired) electrons. The average molecular weight is 531 g/mol. The first kappa shape index (κ1) is 28.2. The maximum absolute atomic E-state index is 13.7. The number of allylic oxidation sites excluding steroid dienone is 1. The van der Waals surface area contributed by atoms with Gasteiger partial charge in [-0.15, -0.1) is 0 Å². The standard InChI is InChI=1S/C14H13F3N2.C14H11F3N2/c2*1-7(2)12-13(17)10(15)6-9(14(12)18)8-3-4-19-11(16)5-8/h3-7H,18H2,1-2H3;3-6H,1,18H2,2H3. The summed E-state index contributed by atoms with van der Waals surface area (Å²) in [4.78, 5) is 6.82. The van der Waals surface area contributed by atoms with Crippen molar-refractivity contribution in [3.63, 3.8) is 0 Å². The third kappa shape index (κ3) is 5.80. The van der Waals surface area contributed by atoms with Crippen molar-refractivity contribution in [2.75, 3.05) is 11.5 Å². The molecule has 0 bridgehead atoms. The van der Waals surface area contributed by atoms with E-state index < -0.39 is 35.2 Å². The molecule has 0 saturated heterocycles. The number of hydrogen-bond donors (Lipinski definition) is 2. The fourth-order valence-corrected chi connectivity index (χ4v) is 3.90. The van der Waals surface area contributed by atoms with Crippen LogP contribution in [0, 0.1) is 35.2 Å². The van der Waals surface area contributed by atoms with Crippen LogP contribution in [0.4, 0.5) is 37.7 Å². The molecule has 4 N–H and O–H groups in total. The number of aromatic nitrogens is 2. The van der Waals surface area contributed by atoms with Gasteiger partial charge in [0.25, 0.3) is 0 Å². The first-order valence-electron chi connectivity index (χ1n) is 11.3. The second kappa shape index (κ2) is 11.4. The zero-order chi connectivity index (χ0) is 28.3. The van der Waals surface area contributed by atoms with E-state index in [1.54, 1.807) is 13.8 Å². The van der Waals surface area contributed by atoms with Crippen LogP contribution in [-0.4, -0.2) is 9.97 Å². The Balaban J connectivity index is 0.000000211. The van der Waals surface area contributed by atoms with E-state index in [4.69, 9.17) is 11.5 Å². The minimum absolute atomic E-state index is 0.0250. The monoisotopic (exact) mass is 530 g/mol. The molecule has 0 aliphatic carbocycles. The van der Waals surface area contributed by atoms with Crippen LogP contribution in [0.3, 0.4) is 0 Å². The van der Waals surface area contributed by atoms with Gasteiger partial charge in [-0.3, -0.25) is 0 Å². The zero-order valence-corrected chi connectivity index (χ0v) is 20.7. The van der Waals surface area contributed by atoms with Crippen molar-refractivity contribution in [2.45, 2.75) is 26.7 Å². The van der Waals surface area contributed by atoms with Gasteiger partial charge in [-0.05, 0) is 53.8 Å². The van der Waals surface area contributed by atoms with Crippen molar-refractivity contribution < 1.29 is 26.3 Å². The Labute approximate surface area is 215 Å². The number of nitrogens with zero attached hydrogens (tertiary/aromatic N) is 2. The van der Waals surface area contributed by atoms with Crippen molar-refractivity contribution >= 4 is 16.9 Å². The number of benzene rings is 2. The van der Waals surface area contributed by atoms with Gasteiger partial charge in [-0.2, -0.15) is 8.78 Å². The molecular weight excluding hydrogens is 506 g/mol. The van der Waals surface area contributed by atoms with Crippen LogP contribution in [0.25, 0.3) is 27.8 Å². The highest BCUT2D eigenvalue weighted by molar-refractivity contribution is 5.86. The van der Waals surface area contributed by atoms with Crippen LogP contribution in [-0.2, 0) is 0 Å². The summed E-state index contributed by atoms with van der Waals surface area (Å²) < 4.78 is 80.8. The topological polar surface area (TPSA) is 77.8 Å². The lowest BCUT2D eigenvalue weighted by Crippen LogP contribution is -2.05. The normalized spacial score (nSPS) is 10.8. The largest absolute Gasteiger partial charge is 0.398 e. The zero-order valence-electron chi connectivity index (χ0n) is 20.7. The Kier molecular flexibility index (Phi) is 8.45. The van der Waals surface area contributed by atoms with E-state index in [9.17, 15) is 26.3 Å². The van der Waals surface area contributed by atoms with Crippen molar-refractivity contribution in [3.8, 4) is 22.3 Å². The molecule has 2 aromatic carbocycles. The Morgan fingerprint density at radius 1 is 0.737 bits per heavy atom. The number of anilines is 2. The van der Waals surface area contributed by atoms with Crippen molar-refractivity contribution in [2.24, 2.45) is 0 Å². The van der Waals surface area contributed by atoms with Gasteiger partial charge in [0.15, 0.2) is 23.3 Å². The molecule has 2 heterocycles. The molecule has 0 atom stereocenters. The lowest BCUT2D eigenvalue weighted by atomic mass is 9.94. The van der Waals surface area contributed by atoms with E-state index in [2.05, 4.69) is 16.5 Å². The van der Waals surface area contributed by atoms with Gasteiger partial charge in [-0.1, -0.05) is 20.4 Å². The van der Waals surface area contributed by atoms with Gasteiger partial charge in [0.1, 0.15) is 0 Å². The maximum Gasteiger partial charge on any atom is 0.213 e. The Morgan fingerprint density at radius 2 is 1.18 bits per heavy atom. The molecule has 0 fully saturated rings. The molecule has 0 unspecified atom stereocenters. The van der Waals surface area contributed by atoms with Crippen LogP contribution < -0.4 is 11.5 Å². The fraction of sp³-hybridized carbons (Fsp3) is 0.143. The smallest absolute Gasteiger partial charge is 0.213 e. The van der Waals surface area contributed by atoms with Gasteiger partial charge in [0, 0.05) is 52.5 Å². The van der Waals surface area contributed by atoms with E-state index >= 15 is 0 Å². The lowest BCUT2D eigenvalue weighted by Gasteiger charge is -2.15. The lowest BCUT2D eigenvalue weighted by molar-refractivity contribution is 0.495. The summed E-state index contributed by atoms with van der Waals surface area (Å²) in [5.74, 6) is -5.76. The Morgan fingerprint density at radius 3 is 1.61 bits per heavy atom. The number of nitrogens with two attached hydrogens (primary N) is 2.